The quantitative estimate of drug-likeness (QED) is 0.719. The van der Waals surface area contributed by atoms with Crippen molar-refractivity contribution in [2.45, 2.75) is 58.7 Å². The fraction of sp³-hybridized carbons (Fsp3) is 0.786. The maximum Gasteiger partial charge on any atom is 0.153 e. The molecular weight excluding hydrogens is 212 g/mol. The van der Waals surface area contributed by atoms with Crippen molar-refractivity contribution < 1.29 is 4.79 Å². The Balaban J connectivity index is 2.73. The first kappa shape index (κ1) is 14.4. The molecule has 1 aliphatic rings. The summed E-state index contributed by atoms with van der Waals surface area (Å²) in [6.45, 7) is 8.16. The summed E-state index contributed by atoms with van der Waals surface area (Å²) in [5, 5.41) is 3.45. The normalized spacial score (nSPS) is 32.9. The van der Waals surface area contributed by atoms with Crippen molar-refractivity contribution in [3.05, 3.63) is 12.2 Å². The van der Waals surface area contributed by atoms with Crippen LogP contribution in [0, 0.1) is 11.8 Å². The summed E-state index contributed by atoms with van der Waals surface area (Å²) in [5.41, 5.74) is 6.14. The highest BCUT2D eigenvalue weighted by atomic mass is 16.1. The average Bonchev–Trinajstić information content (AvgIpc) is 2.68. The molecule has 98 valence electrons. The molecule has 1 aliphatic heterocycles. The molecular formula is C14H26N2O. The van der Waals surface area contributed by atoms with Gasteiger partial charge in [0.2, 0.25) is 0 Å². The van der Waals surface area contributed by atoms with Crippen LogP contribution in [0.1, 0.15) is 40.5 Å². The van der Waals surface area contributed by atoms with Crippen LogP contribution in [0.2, 0.25) is 0 Å². The van der Waals surface area contributed by atoms with Crippen molar-refractivity contribution in [1.29, 1.82) is 0 Å². The molecule has 5 atom stereocenters. The second-order valence-electron chi connectivity index (χ2n) is 5.26. The van der Waals surface area contributed by atoms with Crippen molar-refractivity contribution in [3.63, 3.8) is 0 Å². The lowest BCUT2D eigenvalue weighted by Gasteiger charge is -2.25. The van der Waals surface area contributed by atoms with Gasteiger partial charge in [-0.1, -0.05) is 26.0 Å². The van der Waals surface area contributed by atoms with E-state index in [2.05, 4.69) is 24.4 Å². The van der Waals surface area contributed by atoms with E-state index in [0.29, 0.717) is 12.0 Å². The molecule has 0 aromatic heterocycles. The van der Waals surface area contributed by atoms with Crippen molar-refractivity contribution in [2.75, 3.05) is 0 Å². The van der Waals surface area contributed by atoms with Crippen molar-refractivity contribution in [3.8, 4) is 0 Å². The first-order chi connectivity index (χ1) is 8.01. The monoisotopic (exact) mass is 238 g/mol. The number of rotatable bonds is 5. The van der Waals surface area contributed by atoms with E-state index in [1.54, 1.807) is 0 Å². The Kier molecular flexibility index (Phi) is 5.34. The van der Waals surface area contributed by atoms with Gasteiger partial charge in [-0.25, -0.2) is 0 Å². The van der Waals surface area contributed by atoms with Gasteiger partial charge in [0.25, 0.3) is 0 Å². The molecule has 1 heterocycles. The first-order valence-electron chi connectivity index (χ1n) is 6.69. The van der Waals surface area contributed by atoms with Crippen LogP contribution in [0.25, 0.3) is 0 Å². The van der Waals surface area contributed by atoms with E-state index in [9.17, 15) is 4.79 Å². The number of allylic oxidation sites excluding steroid dienone is 1. The van der Waals surface area contributed by atoms with Crippen molar-refractivity contribution in [2.24, 2.45) is 17.6 Å². The van der Waals surface area contributed by atoms with Crippen LogP contribution in [-0.2, 0) is 4.79 Å². The van der Waals surface area contributed by atoms with Gasteiger partial charge in [-0.3, -0.25) is 4.79 Å². The Morgan fingerprint density at radius 2 is 2.24 bits per heavy atom. The molecule has 3 nitrogen and oxygen atoms in total. The van der Waals surface area contributed by atoms with Gasteiger partial charge in [-0.2, -0.15) is 0 Å². The SMILES string of the molecule is C/C=C\C1CC(C)NC1C(N)C(=O)C(C)CC. The topological polar surface area (TPSA) is 55.1 Å². The maximum absolute atomic E-state index is 12.1. The van der Waals surface area contributed by atoms with Crippen LogP contribution in [0.15, 0.2) is 12.2 Å². The Morgan fingerprint density at radius 3 is 2.76 bits per heavy atom. The third kappa shape index (κ3) is 3.39. The fourth-order valence-corrected chi connectivity index (χ4v) is 2.60. The van der Waals surface area contributed by atoms with Gasteiger partial charge >= 0.3 is 0 Å². The van der Waals surface area contributed by atoms with E-state index in [0.717, 1.165) is 12.8 Å². The summed E-state index contributed by atoms with van der Waals surface area (Å²) in [6.07, 6.45) is 6.16. The predicted molar refractivity (Wildman–Crippen MR) is 71.7 cm³/mol. The highest BCUT2D eigenvalue weighted by Crippen LogP contribution is 2.25. The molecule has 1 fully saturated rings. The molecule has 3 N–H and O–H groups in total. The number of nitrogens with two attached hydrogens (primary N) is 1. The highest BCUT2D eigenvalue weighted by molar-refractivity contribution is 5.86. The number of carbonyl (C=O) groups excluding carboxylic acids is 1. The number of carbonyl (C=O) groups is 1. The van der Waals surface area contributed by atoms with E-state index >= 15 is 0 Å². The van der Waals surface area contributed by atoms with Gasteiger partial charge in [0.05, 0.1) is 6.04 Å². The minimum Gasteiger partial charge on any atom is -0.320 e. The number of ketones is 1. The molecule has 0 aromatic carbocycles. The third-order valence-corrected chi connectivity index (χ3v) is 3.82. The molecule has 1 saturated heterocycles. The standard InChI is InChI=1S/C14H26N2O/c1-5-7-11-8-10(4)16-13(11)12(15)14(17)9(3)6-2/h5,7,9-13,16H,6,8,15H2,1-4H3/b7-5-. The molecule has 0 radical (unpaired) electrons. The Bertz CT molecular complexity index is 288. The zero-order valence-corrected chi connectivity index (χ0v) is 11.4. The van der Waals surface area contributed by atoms with Gasteiger partial charge in [0, 0.05) is 18.0 Å². The van der Waals surface area contributed by atoms with E-state index < -0.39 is 0 Å². The molecule has 0 aromatic rings. The Labute approximate surface area is 105 Å². The first-order valence-corrected chi connectivity index (χ1v) is 6.69. The predicted octanol–water partition coefficient (Wildman–Crippen LogP) is 1.87. The summed E-state index contributed by atoms with van der Waals surface area (Å²) < 4.78 is 0. The van der Waals surface area contributed by atoms with E-state index in [1.807, 2.05) is 20.8 Å². The summed E-state index contributed by atoms with van der Waals surface area (Å²) in [6, 6.07) is 0.163. The zero-order chi connectivity index (χ0) is 13.0. The van der Waals surface area contributed by atoms with Gasteiger partial charge in [-0.05, 0) is 32.6 Å². The molecule has 0 spiro atoms. The lowest BCUT2D eigenvalue weighted by atomic mass is 9.87. The van der Waals surface area contributed by atoms with Gasteiger partial charge in [-0.15, -0.1) is 0 Å². The Hall–Kier alpha value is -0.670. The number of Topliss-reactive ketones (excluding diaryl/α,β-unsaturated/α-hetero) is 1. The van der Waals surface area contributed by atoms with E-state index in [1.165, 1.54) is 0 Å². The molecule has 0 saturated carbocycles. The molecule has 0 bridgehead atoms. The minimum atomic E-state index is -0.379. The second-order valence-corrected chi connectivity index (χ2v) is 5.26. The number of nitrogens with one attached hydrogen (secondary N) is 1. The average molecular weight is 238 g/mol. The van der Waals surface area contributed by atoms with Crippen LogP contribution in [-0.4, -0.2) is 23.9 Å². The fourth-order valence-electron chi connectivity index (χ4n) is 2.60. The van der Waals surface area contributed by atoms with Crippen LogP contribution >= 0.6 is 0 Å². The lowest BCUT2D eigenvalue weighted by molar-refractivity contribution is -0.124. The van der Waals surface area contributed by atoms with Gasteiger partial charge in [0.15, 0.2) is 5.78 Å². The zero-order valence-electron chi connectivity index (χ0n) is 11.4. The largest absolute Gasteiger partial charge is 0.320 e. The minimum absolute atomic E-state index is 0.0639. The summed E-state index contributed by atoms with van der Waals surface area (Å²) in [4.78, 5) is 12.1. The molecule has 0 aliphatic carbocycles. The van der Waals surface area contributed by atoms with Gasteiger partial charge in [0.1, 0.15) is 0 Å². The maximum atomic E-state index is 12.1. The number of hydrogen-bond acceptors (Lipinski definition) is 3. The van der Waals surface area contributed by atoms with E-state index in [-0.39, 0.29) is 23.8 Å². The smallest absolute Gasteiger partial charge is 0.153 e. The van der Waals surface area contributed by atoms with Crippen LogP contribution in [0.5, 0.6) is 0 Å². The van der Waals surface area contributed by atoms with Crippen molar-refractivity contribution in [1.82, 2.24) is 5.32 Å². The second kappa shape index (κ2) is 6.31. The molecule has 3 heteroatoms. The summed E-state index contributed by atoms with van der Waals surface area (Å²) in [5.74, 6) is 0.639. The van der Waals surface area contributed by atoms with Crippen LogP contribution < -0.4 is 11.1 Å². The summed E-state index contributed by atoms with van der Waals surface area (Å²) in [7, 11) is 0. The highest BCUT2D eigenvalue weighted by Gasteiger charge is 2.37. The van der Waals surface area contributed by atoms with Gasteiger partial charge < -0.3 is 11.1 Å². The van der Waals surface area contributed by atoms with Crippen LogP contribution in [0.3, 0.4) is 0 Å². The molecule has 5 unspecified atom stereocenters. The molecule has 1 rings (SSSR count). The molecule has 17 heavy (non-hydrogen) atoms. The lowest BCUT2D eigenvalue weighted by Crippen LogP contribution is -2.51. The van der Waals surface area contributed by atoms with E-state index in [4.69, 9.17) is 5.73 Å². The number of hydrogen-bond donors (Lipinski definition) is 2. The Morgan fingerprint density at radius 1 is 1.59 bits per heavy atom. The third-order valence-electron chi connectivity index (χ3n) is 3.82. The molecule has 0 amide bonds. The van der Waals surface area contributed by atoms with Crippen LogP contribution in [0.4, 0.5) is 0 Å². The summed E-state index contributed by atoms with van der Waals surface area (Å²) >= 11 is 0. The van der Waals surface area contributed by atoms with Crippen molar-refractivity contribution >= 4 is 5.78 Å².